The first-order chi connectivity index (χ1) is 13.8. The number of rotatable bonds is 5. The van der Waals surface area contributed by atoms with E-state index in [1.165, 1.54) is 28.6 Å². The third kappa shape index (κ3) is 5.03. The summed E-state index contributed by atoms with van der Waals surface area (Å²) in [4.78, 5) is 12.4. The second kappa shape index (κ2) is 8.76. The van der Waals surface area contributed by atoms with Crippen LogP contribution in [0.15, 0.2) is 53.4 Å². The van der Waals surface area contributed by atoms with E-state index in [1.807, 2.05) is 6.07 Å². The van der Waals surface area contributed by atoms with Gasteiger partial charge in [-0.2, -0.15) is 9.57 Å². The lowest BCUT2D eigenvalue weighted by molar-refractivity contribution is 0.0472. The van der Waals surface area contributed by atoms with Crippen molar-refractivity contribution in [2.75, 3.05) is 13.1 Å². The molecule has 3 rings (SSSR count). The zero-order valence-corrected chi connectivity index (χ0v) is 17.4. The largest absolute Gasteiger partial charge is 0.457 e. The van der Waals surface area contributed by atoms with Crippen LogP contribution in [0.3, 0.4) is 0 Å². The number of hydrogen-bond acceptors (Lipinski definition) is 5. The number of piperidine rings is 1. The van der Waals surface area contributed by atoms with E-state index in [9.17, 15) is 13.2 Å². The molecular formula is C22H24N2O4S. The molecule has 0 N–H and O–H groups in total. The number of carbonyl (C=O) groups is 1. The van der Waals surface area contributed by atoms with Crippen LogP contribution in [0.4, 0.5) is 0 Å². The van der Waals surface area contributed by atoms with Crippen molar-refractivity contribution in [3.05, 3.63) is 65.2 Å². The van der Waals surface area contributed by atoms with Gasteiger partial charge in [0.25, 0.3) is 0 Å². The third-order valence-corrected chi connectivity index (χ3v) is 6.86. The molecule has 0 saturated carbocycles. The minimum absolute atomic E-state index is 0.0775. The van der Waals surface area contributed by atoms with E-state index in [1.54, 1.807) is 24.3 Å². The molecule has 0 amide bonds. The fourth-order valence-corrected chi connectivity index (χ4v) is 5.30. The summed E-state index contributed by atoms with van der Waals surface area (Å²) in [5, 5.41) is 8.80. The minimum Gasteiger partial charge on any atom is -0.457 e. The Kier molecular flexibility index (Phi) is 6.36. The van der Waals surface area contributed by atoms with Gasteiger partial charge in [0.1, 0.15) is 6.61 Å². The summed E-state index contributed by atoms with van der Waals surface area (Å²) in [5.41, 5.74) is 1.59. The van der Waals surface area contributed by atoms with E-state index >= 15 is 0 Å². The molecule has 7 heteroatoms. The highest BCUT2D eigenvalue weighted by atomic mass is 32.2. The van der Waals surface area contributed by atoms with Gasteiger partial charge in [0.15, 0.2) is 0 Å². The normalized spacial score (nSPS) is 20.0. The van der Waals surface area contributed by atoms with Gasteiger partial charge in [-0.3, -0.25) is 0 Å². The van der Waals surface area contributed by atoms with Crippen LogP contribution in [0, 0.1) is 23.2 Å². The minimum atomic E-state index is -3.58. The van der Waals surface area contributed by atoms with Crippen molar-refractivity contribution >= 4 is 16.0 Å². The zero-order valence-electron chi connectivity index (χ0n) is 16.5. The predicted octanol–water partition coefficient (Wildman–Crippen LogP) is 3.58. The quantitative estimate of drug-likeness (QED) is 0.701. The van der Waals surface area contributed by atoms with Gasteiger partial charge in [0.2, 0.25) is 10.0 Å². The van der Waals surface area contributed by atoms with Crippen molar-refractivity contribution in [3.63, 3.8) is 0 Å². The van der Waals surface area contributed by atoms with E-state index in [2.05, 4.69) is 13.8 Å². The summed E-state index contributed by atoms with van der Waals surface area (Å²) < 4.78 is 32.6. The van der Waals surface area contributed by atoms with Crippen LogP contribution in [0.2, 0.25) is 0 Å². The second-order valence-electron chi connectivity index (χ2n) is 7.68. The van der Waals surface area contributed by atoms with Gasteiger partial charge in [0, 0.05) is 13.1 Å². The maximum absolute atomic E-state index is 12.9. The van der Waals surface area contributed by atoms with E-state index < -0.39 is 16.0 Å². The van der Waals surface area contributed by atoms with Gasteiger partial charge in [-0.1, -0.05) is 26.0 Å². The zero-order chi connectivity index (χ0) is 21.0. The lowest BCUT2D eigenvalue weighted by Crippen LogP contribution is -2.42. The average molecular weight is 413 g/mol. The van der Waals surface area contributed by atoms with E-state index in [0.717, 1.165) is 12.0 Å². The predicted molar refractivity (Wildman–Crippen MR) is 108 cm³/mol. The lowest BCUT2D eigenvalue weighted by atomic mass is 9.94. The van der Waals surface area contributed by atoms with Gasteiger partial charge < -0.3 is 4.74 Å². The summed E-state index contributed by atoms with van der Waals surface area (Å²) in [6.45, 7) is 5.23. The molecule has 1 heterocycles. The van der Waals surface area contributed by atoms with Gasteiger partial charge in [-0.15, -0.1) is 0 Å². The Morgan fingerprint density at radius 3 is 2.21 bits per heavy atom. The number of ether oxygens (including phenoxy) is 1. The molecule has 0 aliphatic carbocycles. The summed E-state index contributed by atoms with van der Waals surface area (Å²) in [6, 6.07) is 14.7. The fourth-order valence-electron chi connectivity index (χ4n) is 3.62. The van der Waals surface area contributed by atoms with E-state index in [4.69, 9.17) is 10.00 Å². The smallest absolute Gasteiger partial charge is 0.338 e. The molecule has 0 unspecified atom stereocenters. The average Bonchev–Trinajstić information content (AvgIpc) is 2.71. The molecule has 152 valence electrons. The van der Waals surface area contributed by atoms with Gasteiger partial charge in [0.05, 0.1) is 22.1 Å². The Morgan fingerprint density at radius 1 is 1.07 bits per heavy atom. The monoisotopic (exact) mass is 412 g/mol. The number of carbonyl (C=O) groups excluding carboxylic acids is 1. The van der Waals surface area contributed by atoms with E-state index in [0.29, 0.717) is 30.5 Å². The summed E-state index contributed by atoms with van der Waals surface area (Å²) in [5.74, 6) is 0.119. The Bertz CT molecular complexity index is 998. The van der Waals surface area contributed by atoms with Gasteiger partial charge in [-0.25, -0.2) is 13.2 Å². The molecule has 2 aromatic carbocycles. The molecule has 1 aliphatic heterocycles. The summed E-state index contributed by atoms with van der Waals surface area (Å²) >= 11 is 0. The molecule has 0 aromatic heterocycles. The number of benzene rings is 2. The maximum atomic E-state index is 12.9. The maximum Gasteiger partial charge on any atom is 0.338 e. The van der Waals surface area contributed by atoms with Crippen LogP contribution in [0.1, 0.15) is 41.8 Å². The Morgan fingerprint density at radius 2 is 1.66 bits per heavy atom. The van der Waals surface area contributed by atoms with Crippen molar-refractivity contribution in [1.82, 2.24) is 4.31 Å². The first kappa shape index (κ1) is 21.0. The number of esters is 1. The Hall–Kier alpha value is -2.69. The molecule has 6 nitrogen and oxygen atoms in total. The van der Waals surface area contributed by atoms with Gasteiger partial charge >= 0.3 is 5.97 Å². The van der Waals surface area contributed by atoms with Crippen LogP contribution in [-0.2, 0) is 21.4 Å². The summed E-state index contributed by atoms with van der Waals surface area (Å²) in [7, 11) is -3.58. The van der Waals surface area contributed by atoms with Crippen molar-refractivity contribution in [3.8, 4) is 6.07 Å². The molecule has 1 saturated heterocycles. The van der Waals surface area contributed by atoms with Crippen LogP contribution in [-0.4, -0.2) is 31.8 Å². The molecule has 0 spiro atoms. The van der Waals surface area contributed by atoms with Crippen molar-refractivity contribution in [2.45, 2.75) is 31.8 Å². The molecule has 1 fully saturated rings. The molecule has 0 radical (unpaired) electrons. The standard InChI is InChI=1S/C22H24N2O4S/c1-16-11-17(2)14-24(13-16)29(26,27)21-9-7-20(8-10-21)22(25)28-15-19-5-3-18(12-23)4-6-19/h3-10,16-17H,11,13-15H2,1-2H3/t16-,17+. The molecule has 0 bridgehead atoms. The molecule has 2 atom stereocenters. The Balaban J connectivity index is 1.65. The first-order valence-corrected chi connectivity index (χ1v) is 11.0. The van der Waals surface area contributed by atoms with Crippen LogP contribution in [0.5, 0.6) is 0 Å². The SMILES string of the molecule is C[C@@H]1C[C@H](C)CN(S(=O)(=O)c2ccc(C(=O)OCc3ccc(C#N)cc3)cc2)C1. The number of nitrogens with zero attached hydrogens (tertiary/aromatic N) is 2. The Labute approximate surface area is 171 Å². The van der Waals surface area contributed by atoms with Crippen molar-refractivity contribution in [2.24, 2.45) is 11.8 Å². The first-order valence-electron chi connectivity index (χ1n) is 9.56. The van der Waals surface area contributed by atoms with Crippen LogP contribution < -0.4 is 0 Å². The number of hydrogen-bond donors (Lipinski definition) is 0. The molecule has 1 aliphatic rings. The highest BCUT2D eigenvalue weighted by Gasteiger charge is 2.31. The topological polar surface area (TPSA) is 87.5 Å². The number of nitriles is 1. The van der Waals surface area contributed by atoms with Crippen molar-refractivity contribution < 1.29 is 17.9 Å². The molecule has 2 aromatic rings. The summed E-state index contributed by atoms with van der Waals surface area (Å²) in [6.07, 6.45) is 1.02. The highest BCUT2D eigenvalue weighted by molar-refractivity contribution is 7.89. The van der Waals surface area contributed by atoms with Gasteiger partial charge in [-0.05, 0) is 60.2 Å². The lowest BCUT2D eigenvalue weighted by Gasteiger charge is -2.34. The second-order valence-corrected chi connectivity index (χ2v) is 9.62. The third-order valence-electron chi connectivity index (χ3n) is 5.02. The van der Waals surface area contributed by atoms with Crippen molar-refractivity contribution in [1.29, 1.82) is 5.26 Å². The number of sulfonamides is 1. The fraction of sp³-hybridized carbons (Fsp3) is 0.364. The molecule has 29 heavy (non-hydrogen) atoms. The highest BCUT2D eigenvalue weighted by Crippen LogP contribution is 2.26. The van der Waals surface area contributed by atoms with Crippen LogP contribution >= 0.6 is 0 Å². The van der Waals surface area contributed by atoms with Crippen LogP contribution in [0.25, 0.3) is 0 Å². The molecular weight excluding hydrogens is 388 g/mol. The van der Waals surface area contributed by atoms with E-state index in [-0.39, 0.29) is 17.1 Å².